The van der Waals surface area contributed by atoms with Crippen LogP contribution in [0.3, 0.4) is 0 Å². The number of aryl methyl sites for hydroxylation is 1. The molecule has 1 N–H and O–H groups in total. The van der Waals surface area contributed by atoms with Gasteiger partial charge in [0.05, 0.1) is 6.29 Å². The molecule has 2 heterocycles. The zero-order valence-corrected chi connectivity index (χ0v) is 27.9. The molecule has 2 aromatic carbocycles. The number of rotatable bonds is 8. The van der Waals surface area contributed by atoms with E-state index in [2.05, 4.69) is 40.8 Å². The minimum Gasteiger partial charge on any atom is -0.456 e. The van der Waals surface area contributed by atoms with Crippen molar-refractivity contribution < 1.29 is 37.6 Å². The minimum absolute atomic E-state index is 0. The molecule has 9 heteroatoms. The molecule has 2 atom stereocenters. The second-order valence-electron chi connectivity index (χ2n) is 13.4. The summed E-state index contributed by atoms with van der Waals surface area (Å²) in [4.78, 5) is 38.5. The van der Waals surface area contributed by atoms with Gasteiger partial charge in [-0.2, -0.15) is 12.3 Å². The Balaban J connectivity index is 0.00000240. The number of nitrogens with zero attached hydrogens (tertiary/aromatic N) is 3. The van der Waals surface area contributed by atoms with Crippen LogP contribution in [0.25, 0.3) is 11.1 Å². The summed E-state index contributed by atoms with van der Waals surface area (Å²) in [5, 5.41) is 3.01. The van der Waals surface area contributed by atoms with Crippen molar-refractivity contribution in [3.8, 4) is 11.1 Å². The fraction of sp³-hybridized carbons (Fsp3) is 0.459. The van der Waals surface area contributed by atoms with E-state index in [1.165, 1.54) is 0 Å². The number of hydrogen-bond donors (Lipinski definition) is 1. The summed E-state index contributed by atoms with van der Waals surface area (Å²) < 4.78 is 20.9. The summed E-state index contributed by atoms with van der Waals surface area (Å²) in [6.45, 7) is 7.60. The van der Waals surface area contributed by atoms with E-state index in [0.717, 1.165) is 66.5 Å². The van der Waals surface area contributed by atoms with Crippen molar-refractivity contribution in [3.05, 3.63) is 84.3 Å². The second kappa shape index (κ2) is 13.8. The van der Waals surface area contributed by atoms with Gasteiger partial charge < -0.3 is 27.3 Å². The molecule has 2 aliphatic carbocycles. The summed E-state index contributed by atoms with van der Waals surface area (Å²) in [5.41, 5.74) is 3.11. The van der Waals surface area contributed by atoms with E-state index < -0.39 is 22.9 Å². The van der Waals surface area contributed by atoms with Crippen molar-refractivity contribution in [2.45, 2.75) is 102 Å². The van der Waals surface area contributed by atoms with Gasteiger partial charge in [0.1, 0.15) is 16.8 Å². The molecule has 1 aromatic heterocycles. The molecule has 46 heavy (non-hydrogen) atoms. The summed E-state index contributed by atoms with van der Waals surface area (Å²) in [5.74, 6) is 0.446. The molecule has 3 aliphatic rings. The quantitative estimate of drug-likeness (QED) is 0.276. The van der Waals surface area contributed by atoms with Crippen LogP contribution in [-0.2, 0) is 27.2 Å². The van der Waals surface area contributed by atoms with Crippen molar-refractivity contribution >= 4 is 24.3 Å². The largest absolute Gasteiger partial charge is 1.00 e. The molecule has 7 nitrogen and oxygen atoms in total. The third-order valence-corrected chi connectivity index (χ3v) is 9.20. The van der Waals surface area contributed by atoms with E-state index in [1.807, 2.05) is 51.4 Å². The molecule has 0 spiro atoms. The first-order chi connectivity index (χ1) is 21.0. The van der Waals surface area contributed by atoms with Crippen LogP contribution in [-0.4, -0.2) is 34.2 Å². The Kier molecular flexibility index (Phi) is 10.6. The zero-order valence-electron chi connectivity index (χ0n) is 27.9. The van der Waals surface area contributed by atoms with Crippen LogP contribution in [0, 0.1) is 13.3 Å². The van der Waals surface area contributed by atoms with Crippen molar-refractivity contribution in [1.29, 1.82) is 0 Å². The topological polar surface area (TPSA) is 93.5 Å². The Morgan fingerprint density at radius 1 is 1.13 bits per heavy atom. The van der Waals surface area contributed by atoms with E-state index in [9.17, 15) is 9.59 Å². The molecule has 3 aromatic rings. The first kappa shape index (κ1) is 35.5. The maximum absolute atomic E-state index is 15.4. The summed E-state index contributed by atoms with van der Waals surface area (Å²) in [6.07, 6.45) is 14.4. The SMILES string of the molecule is CC[C@@H](c1c([C-]=O)cccc1C1(F)CC1)C1[C-]=Nc2ccc(-c3cnc(C4(NC(=O)OC(C)(C)C)CCC4)nc3)cc2CC1.[CH3-].[Li+]. The van der Waals surface area contributed by atoms with Gasteiger partial charge in [0.15, 0.2) is 5.82 Å². The van der Waals surface area contributed by atoms with Crippen LogP contribution in [0.1, 0.15) is 107 Å². The maximum atomic E-state index is 15.4. The van der Waals surface area contributed by atoms with Crippen LogP contribution in [0.15, 0.2) is 53.8 Å². The summed E-state index contributed by atoms with van der Waals surface area (Å²) >= 11 is 0. The monoisotopic (exact) mass is 616 g/mol. The van der Waals surface area contributed by atoms with Gasteiger partial charge in [-0.05, 0) is 64.9 Å². The number of alkyl halides is 1. The van der Waals surface area contributed by atoms with Gasteiger partial charge in [-0.25, -0.2) is 19.2 Å². The number of alkyl carbamates (subject to hydrolysis) is 1. The molecule has 1 amide bonds. The molecule has 0 bridgehead atoms. The molecule has 1 unspecified atom stereocenters. The van der Waals surface area contributed by atoms with Crippen LogP contribution >= 0.6 is 0 Å². The third kappa shape index (κ3) is 7.14. The average molecular weight is 617 g/mol. The maximum Gasteiger partial charge on any atom is 1.00 e. The first-order valence-corrected chi connectivity index (χ1v) is 15.7. The Labute approximate surface area is 284 Å². The van der Waals surface area contributed by atoms with Crippen LogP contribution in [0.4, 0.5) is 14.9 Å². The standard InChI is InChI=1S/C36H39FN4O3.CH3.Li/c1-5-28(31-26(22-42)8-6-9-29(31)35(37)16-17-35)25-11-10-24-18-23(12-13-30(24)38-19-25)27-20-39-32(40-21-27)36(14-7-15-36)41-33(43)44-34(2,3)4;;/h6,8-9,12-13,18,20-21,25,28H,5,7,10-11,14-17H2,1-4H3,(H,41,43);1H3;/q-2;-1;+1/t25?,28-;;/m1../s1. The molecule has 6 rings (SSSR count). The van der Waals surface area contributed by atoms with Gasteiger partial charge in [-0.1, -0.05) is 61.1 Å². The van der Waals surface area contributed by atoms with Gasteiger partial charge in [-0.3, -0.25) is 0 Å². The van der Waals surface area contributed by atoms with Crippen molar-refractivity contribution in [2.24, 2.45) is 10.9 Å². The molecular weight excluding hydrogens is 574 g/mol. The molecule has 2 fully saturated rings. The van der Waals surface area contributed by atoms with Crippen molar-refractivity contribution in [2.75, 3.05) is 0 Å². The van der Waals surface area contributed by atoms with Gasteiger partial charge in [0.2, 0.25) is 0 Å². The van der Waals surface area contributed by atoms with E-state index in [0.29, 0.717) is 29.8 Å². The molecule has 0 saturated heterocycles. The fourth-order valence-corrected chi connectivity index (χ4v) is 6.56. The minimum atomic E-state index is -1.35. The number of halogens is 1. The van der Waals surface area contributed by atoms with E-state index in [1.54, 1.807) is 12.1 Å². The first-order valence-electron chi connectivity index (χ1n) is 15.7. The number of aromatic nitrogens is 2. The number of amides is 1. The normalized spacial score (nSPS) is 19.5. The number of ether oxygens (including phenoxy) is 1. The number of hydrogen-bond acceptors (Lipinski definition) is 6. The molecule has 2 saturated carbocycles. The van der Waals surface area contributed by atoms with Crippen LogP contribution in [0.5, 0.6) is 0 Å². The Bertz CT molecular complexity index is 1590. The average Bonchev–Trinajstić information content (AvgIpc) is 3.77. The zero-order chi connectivity index (χ0) is 31.1. The molecule has 1 aliphatic heterocycles. The van der Waals surface area contributed by atoms with Crippen LogP contribution < -0.4 is 24.2 Å². The Hall–Kier alpha value is -3.34. The van der Waals surface area contributed by atoms with Crippen LogP contribution in [0.2, 0.25) is 0 Å². The van der Waals surface area contributed by atoms with Crippen molar-refractivity contribution in [1.82, 2.24) is 15.3 Å². The fourth-order valence-electron chi connectivity index (χ4n) is 6.56. The number of aliphatic imine (C=N–C) groups is 1. The number of carbonyl (C=O) groups is 1. The van der Waals surface area contributed by atoms with Gasteiger partial charge in [0.25, 0.3) is 0 Å². The van der Waals surface area contributed by atoms with E-state index in [4.69, 9.17) is 9.73 Å². The number of fused-ring (bicyclic) bond motifs is 1. The number of carbonyl (C=O) groups excluding carboxylic acids is 2. The molecule has 0 radical (unpaired) electrons. The van der Waals surface area contributed by atoms with Gasteiger partial charge in [-0.15, -0.1) is 28.8 Å². The van der Waals surface area contributed by atoms with Crippen molar-refractivity contribution in [3.63, 3.8) is 0 Å². The van der Waals surface area contributed by atoms with E-state index in [-0.39, 0.29) is 38.1 Å². The predicted molar refractivity (Wildman–Crippen MR) is 174 cm³/mol. The summed E-state index contributed by atoms with van der Waals surface area (Å²) in [6, 6.07) is 11.4. The second-order valence-corrected chi connectivity index (χ2v) is 13.4. The smallest absolute Gasteiger partial charge is 0.456 e. The predicted octanol–water partition coefficient (Wildman–Crippen LogP) is 5.25. The molecule has 238 valence electrons. The number of benzene rings is 2. The Morgan fingerprint density at radius 3 is 2.43 bits per heavy atom. The van der Waals surface area contributed by atoms with Gasteiger partial charge >= 0.3 is 25.0 Å². The molecular formula is C37H42FLiN4O3-2. The van der Waals surface area contributed by atoms with Gasteiger partial charge in [0, 0.05) is 18.0 Å². The third-order valence-electron chi connectivity index (χ3n) is 9.20. The number of nitrogens with one attached hydrogen (secondary N) is 1. The Morgan fingerprint density at radius 2 is 1.85 bits per heavy atom. The summed E-state index contributed by atoms with van der Waals surface area (Å²) in [7, 11) is 0. The van der Waals surface area contributed by atoms with E-state index >= 15 is 4.39 Å².